The first-order chi connectivity index (χ1) is 28.4. The van der Waals surface area contributed by atoms with Crippen LogP contribution in [0.5, 0.6) is 0 Å². The Morgan fingerprint density at radius 2 is 0.948 bits per heavy atom. The summed E-state index contributed by atoms with van der Waals surface area (Å²) in [4.78, 5) is 36.3. The lowest BCUT2D eigenvalue weighted by Crippen LogP contribution is -2.40. The highest BCUT2D eigenvalue weighted by Gasteiger charge is 2.19. The maximum Gasteiger partial charge on any atom is 0.326 e. The predicted molar refractivity (Wildman–Crippen MR) is 248 cm³/mol. The molecular weight excluding hydrogens is 721 g/mol. The molecule has 2 atom stereocenters. The molecule has 2 unspecified atom stereocenters. The van der Waals surface area contributed by atoms with Gasteiger partial charge in [0, 0.05) is 12.8 Å². The van der Waals surface area contributed by atoms with E-state index < -0.39 is 12.0 Å². The van der Waals surface area contributed by atoms with Gasteiger partial charge in [0.2, 0.25) is 5.91 Å². The van der Waals surface area contributed by atoms with Gasteiger partial charge < -0.3 is 20.9 Å². The minimum Gasteiger partial charge on any atom is -0.480 e. The van der Waals surface area contributed by atoms with Crippen LogP contribution in [0.25, 0.3) is 0 Å². The average Bonchev–Trinajstić information content (AvgIpc) is 3.21. The molecule has 0 saturated carbocycles. The van der Waals surface area contributed by atoms with Crippen molar-refractivity contribution in [3.8, 4) is 0 Å². The number of hydrogen-bond acceptors (Lipinski definition) is 5. The highest BCUT2D eigenvalue weighted by molar-refractivity contribution is 5.83. The maximum atomic E-state index is 12.8. The van der Waals surface area contributed by atoms with Gasteiger partial charge in [-0.25, -0.2) is 4.79 Å². The molecule has 4 N–H and O–H groups in total. The summed E-state index contributed by atoms with van der Waals surface area (Å²) in [6.07, 6.45) is 54.1. The summed E-state index contributed by atoms with van der Waals surface area (Å²) in [6, 6.07) is -0.855. The summed E-state index contributed by atoms with van der Waals surface area (Å²) in [7, 11) is 0. The zero-order valence-corrected chi connectivity index (χ0v) is 38.4. The van der Waals surface area contributed by atoms with Crippen molar-refractivity contribution >= 4 is 17.8 Å². The van der Waals surface area contributed by atoms with E-state index in [0.717, 1.165) is 70.6 Å². The van der Waals surface area contributed by atoms with E-state index >= 15 is 0 Å². The van der Waals surface area contributed by atoms with Crippen LogP contribution in [0.1, 0.15) is 264 Å². The van der Waals surface area contributed by atoms with Crippen molar-refractivity contribution in [3.63, 3.8) is 0 Å². The third-order valence-corrected chi connectivity index (χ3v) is 11.5. The predicted octanol–water partition coefficient (Wildman–Crippen LogP) is 14.8. The van der Waals surface area contributed by atoms with Crippen molar-refractivity contribution in [2.45, 2.75) is 276 Å². The SMILES string of the molecule is CCCCCC/C=C\C/C=C\C(CCCCCCCCC(=O)NC(CCCN)C(=O)O)OC(=O)CCCCCCCCCCCCCCCCCCCCCCCC. The molecule has 7 heteroatoms. The highest BCUT2D eigenvalue weighted by Crippen LogP contribution is 2.17. The molecule has 0 aromatic heterocycles. The van der Waals surface area contributed by atoms with E-state index in [9.17, 15) is 19.5 Å². The van der Waals surface area contributed by atoms with E-state index in [-0.39, 0.29) is 18.0 Å². The summed E-state index contributed by atoms with van der Waals surface area (Å²) in [5.41, 5.74) is 5.48. The summed E-state index contributed by atoms with van der Waals surface area (Å²) in [5.74, 6) is -1.27. The molecule has 0 bridgehead atoms. The number of carboxylic acids is 1. The Bertz CT molecular complexity index is 967. The number of carbonyl (C=O) groups is 3. The molecular formula is C51H96N2O5. The minimum atomic E-state index is -1.00. The molecule has 0 rings (SSSR count). The van der Waals surface area contributed by atoms with Gasteiger partial charge in [0.15, 0.2) is 0 Å². The second kappa shape index (κ2) is 45.9. The van der Waals surface area contributed by atoms with Gasteiger partial charge >= 0.3 is 11.9 Å². The highest BCUT2D eigenvalue weighted by atomic mass is 16.5. The molecule has 58 heavy (non-hydrogen) atoms. The van der Waals surface area contributed by atoms with Crippen molar-refractivity contribution in [2.24, 2.45) is 5.73 Å². The zero-order chi connectivity index (χ0) is 42.4. The molecule has 0 spiro atoms. The number of amides is 1. The van der Waals surface area contributed by atoms with Crippen LogP contribution in [0.4, 0.5) is 0 Å². The maximum absolute atomic E-state index is 12.8. The van der Waals surface area contributed by atoms with Crippen LogP contribution >= 0.6 is 0 Å². The van der Waals surface area contributed by atoms with Gasteiger partial charge in [0.1, 0.15) is 12.1 Å². The number of hydrogen-bond donors (Lipinski definition) is 3. The second-order valence-corrected chi connectivity index (χ2v) is 17.2. The molecule has 340 valence electrons. The monoisotopic (exact) mass is 817 g/mol. The molecule has 1 amide bonds. The van der Waals surface area contributed by atoms with Crippen molar-refractivity contribution in [1.29, 1.82) is 0 Å². The molecule has 0 aliphatic heterocycles. The van der Waals surface area contributed by atoms with Crippen molar-refractivity contribution in [1.82, 2.24) is 5.32 Å². The van der Waals surface area contributed by atoms with Crippen molar-refractivity contribution in [2.75, 3.05) is 6.54 Å². The van der Waals surface area contributed by atoms with E-state index in [0.29, 0.717) is 32.2 Å². The number of rotatable bonds is 46. The molecule has 0 aromatic carbocycles. The number of ether oxygens (including phenoxy) is 1. The first-order valence-electron chi connectivity index (χ1n) is 25.2. The molecule has 0 saturated heterocycles. The van der Waals surface area contributed by atoms with Gasteiger partial charge in [-0.05, 0) is 70.4 Å². The van der Waals surface area contributed by atoms with Gasteiger partial charge in [0.25, 0.3) is 0 Å². The van der Waals surface area contributed by atoms with Crippen LogP contribution in [0, 0.1) is 0 Å². The number of carboxylic acid groups (broad SMARTS) is 1. The van der Waals surface area contributed by atoms with Gasteiger partial charge in [-0.1, -0.05) is 212 Å². The van der Waals surface area contributed by atoms with E-state index in [1.165, 1.54) is 154 Å². The second-order valence-electron chi connectivity index (χ2n) is 17.2. The average molecular weight is 817 g/mol. The lowest BCUT2D eigenvalue weighted by molar-refractivity contribution is -0.147. The number of esters is 1. The molecule has 0 aliphatic rings. The lowest BCUT2D eigenvalue weighted by Gasteiger charge is -2.15. The van der Waals surface area contributed by atoms with Gasteiger partial charge in [-0.3, -0.25) is 9.59 Å². The third-order valence-electron chi connectivity index (χ3n) is 11.5. The zero-order valence-electron chi connectivity index (χ0n) is 38.4. The summed E-state index contributed by atoms with van der Waals surface area (Å²) in [5, 5.41) is 11.9. The number of nitrogens with one attached hydrogen (secondary N) is 1. The number of carbonyl (C=O) groups excluding carboxylic acids is 2. The van der Waals surface area contributed by atoms with Crippen LogP contribution in [0.2, 0.25) is 0 Å². The molecule has 0 fully saturated rings. The Kier molecular flexibility index (Phi) is 44.2. The van der Waals surface area contributed by atoms with Crippen LogP contribution in [0.15, 0.2) is 24.3 Å². The molecule has 7 nitrogen and oxygen atoms in total. The van der Waals surface area contributed by atoms with Crippen LogP contribution in [-0.2, 0) is 19.1 Å². The fourth-order valence-corrected chi connectivity index (χ4v) is 7.70. The van der Waals surface area contributed by atoms with Crippen molar-refractivity contribution in [3.05, 3.63) is 24.3 Å². The van der Waals surface area contributed by atoms with Crippen LogP contribution < -0.4 is 11.1 Å². The number of allylic oxidation sites excluding steroid dienone is 3. The summed E-state index contributed by atoms with van der Waals surface area (Å²) < 4.78 is 5.97. The topological polar surface area (TPSA) is 119 Å². The minimum absolute atomic E-state index is 0.0688. The fourth-order valence-electron chi connectivity index (χ4n) is 7.70. The first-order valence-corrected chi connectivity index (χ1v) is 25.2. The van der Waals surface area contributed by atoms with Crippen LogP contribution in [-0.4, -0.2) is 41.6 Å². The third kappa shape index (κ3) is 42.0. The molecule has 0 aromatic rings. The Morgan fingerprint density at radius 1 is 0.517 bits per heavy atom. The van der Waals surface area contributed by atoms with E-state index in [1.54, 1.807) is 0 Å². The first kappa shape index (κ1) is 55.9. The quantitative estimate of drug-likeness (QED) is 0.0320. The van der Waals surface area contributed by atoms with Crippen molar-refractivity contribution < 1.29 is 24.2 Å². The molecule has 0 radical (unpaired) electrons. The smallest absolute Gasteiger partial charge is 0.326 e. The number of aliphatic carboxylic acids is 1. The van der Waals surface area contributed by atoms with Crippen LogP contribution in [0.3, 0.4) is 0 Å². The molecule has 0 aliphatic carbocycles. The number of unbranched alkanes of at least 4 members (excludes halogenated alkanes) is 30. The standard InChI is InChI=1S/C51H96N2O5/c1-3-5-7-9-11-13-14-15-16-17-18-19-20-21-22-23-24-25-27-29-35-39-45-50(55)58-47(41-36-32-28-26-12-10-8-6-4-2)42-37-33-30-31-34-38-44-49(54)53-48(51(56)57)43-40-46-52/h26,28,36,41,47-48H,3-25,27,29-35,37-40,42-46,52H2,1-2H3,(H,53,54)(H,56,57)/b28-26-,41-36-. The van der Waals surface area contributed by atoms with E-state index in [4.69, 9.17) is 10.5 Å². The largest absolute Gasteiger partial charge is 0.480 e. The molecule has 0 heterocycles. The normalized spacial score (nSPS) is 12.7. The Balaban J connectivity index is 4.11. The Labute approximate surface area is 359 Å². The summed E-state index contributed by atoms with van der Waals surface area (Å²) >= 11 is 0. The van der Waals surface area contributed by atoms with E-state index in [2.05, 4.69) is 43.5 Å². The summed E-state index contributed by atoms with van der Waals surface area (Å²) in [6.45, 7) is 4.94. The lowest BCUT2D eigenvalue weighted by atomic mass is 10.0. The number of nitrogens with two attached hydrogens (primary N) is 1. The Morgan fingerprint density at radius 3 is 1.41 bits per heavy atom. The Hall–Kier alpha value is -2.15. The van der Waals surface area contributed by atoms with Gasteiger partial charge in [-0.2, -0.15) is 0 Å². The fraction of sp³-hybridized carbons (Fsp3) is 0.863. The van der Waals surface area contributed by atoms with Gasteiger partial charge in [0.05, 0.1) is 0 Å². The van der Waals surface area contributed by atoms with Gasteiger partial charge in [-0.15, -0.1) is 0 Å². The van der Waals surface area contributed by atoms with E-state index in [1.807, 2.05) is 0 Å².